The van der Waals surface area contributed by atoms with Crippen molar-refractivity contribution in [1.82, 2.24) is 0 Å². The number of benzene rings is 2. The second-order valence-corrected chi connectivity index (χ2v) is 9.38. The number of hydrogen-bond acceptors (Lipinski definition) is 6. The van der Waals surface area contributed by atoms with E-state index in [0.717, 1.165) is 35.4 Å². The molecule has 1 unspecified atom stereocenters. The number of ether oxygens (including phenoxy) is 4. The van der Waals surface area contributed by atoms with Crippen molar-refractivity contribution < 1.29 is 28.0 Å². The molecule has 7 nitrogen and oxygen atoms in total. The number of aryl methyl sites for hydroxylation is 1. The highest BCUT2D eigenvalue weighted by atomic mass is 32.2. The van der Waals surface area contributed by atoms with Gasteiger partial charge in [-0.05, 0) is 63.4 Å². The number of fused-ring (bicyclic) bond motifs is 1. The minimum absolute atomic E-state index is 0.447. The minimum atomic E-state index is -1.12. The lowest BCUT2D eigenvalue weighted by atomic mass is 9.92. The Morgan fingerprint density at radius 3 is 2.52 bits per heavy atom. The quantitative estimate of drug-likeness (QED) is 0.557. The van der Waals surface area contributed by atoms with Gasteiger partial charge in [-0.3, -0.25) is 9.53 Å². The van der Waals surface area contributed by atoms with Crippen LogP contribution in [0.5, 0.6) is 17.2 Å². The molecule has 31 heavy (non-hydrogen) atoms. The van der Waals surface area contributed by atoms with E-state index in [9.17, 15) is 9.00 Å². The van der Waals surface area contributed by atoms with E-state index >= 15 is 0 Å². The fourth-order valence-corrected chi connectivity index (χ4v) is 4.65. The van der Waals surface area contributed by atoms with Gasteiger partial charge in [0.25, 0.3) is 0 Å². The normalized spacial score (nSPS) is 15.3. The molecular formula is C23H29NO6S. The summed E-state index contributed by atoms with van der Waals surface area (Å²) >= 11 is 0. The molecule has 0 fully saturated rings. The van der Waals surface area contributed by atoms with Gasteiger partial charge in [0.05, 0.1) is 37.3 Å². The molecule has 3 rings (SSSR count). The van der Waals surface area contributed by atoms with Gasteiger partial charge in [-0.25, -0.2) is 4.79 Å². The zero-order chi connectivity index (χ0) is 22.6. The van der Waals surface area contributed by atoms with Crippen LogP contribution >= 0.6 is 0 Å². The van der Waals surface area contributed by atoms with Crippen molar-refractivity contribution in [1.29, 1.82) is 0 Å². The molecule has 1 aliphatic heterocycles. The predicted octanol–water partition coefficient (Wildman–Crippen LogP) is 4.78. The van der Waals surface area contributed by atoms with Crippen molar-refractivity contribution >= 4 is 22.6 Å². The molecule has 0 aromatic heterocycles. The maximum absolute atomic E-state index is 12.6. The molecule has 1 N–H and O–H groups in total. The molecular weight excluding hydrogens is 418 g/mol. The third-order valence-electron chi connectivity index (χ3n) is 5.14. The first kappa shape index (κ1) is 22.9. The Labute approximate surface area is 185 Å². The van der Waals surface area contributed by atoms with Gasteiger partial charge in [0, 0.05) is 22.3 Å². The van der Waals surface area contributed by atoms with E-state index in [0.29, 0.717) is 28.8 Å². The average molecular weight is 448 g/mol. The second kappa shape index (κ2) is 9.60. The molecule has 0 bridgehead atoms. The summed E-state index contributed by atoms with van der Waals surface area (Å²) in [6.45, 7) is 6.16. The lowest BCUT2D eigenvalue weighted by molar-refractivity contribution is 0.0417. The van der Waals surface area contributed by atoms with Crippen LogP contribution < -0.4 is 19.5 Å². The first-order chi connectivity index (χ1) is 14.7. The fraction of sp³-hybridized carbons (Fsp3) is 0.435. The number of cyclic esters (lactones) is 1. The van der Waals surface area contributed by atoms with E-state index in [1.807, 2.05) is 32.9 Å². The topological polar surface area (TPSA) is 83.1 Å². The van der Waals surface area contributed by atoms with Crippen molar-refractivity contribution in [2.75, 3.05) is 31.9 Å². The molecule has 1 aliphatic rings. The van der Waals surface area contributed by atoms with Crippen molar-refractivity contribution in [2.24, 2.45) is 0 Å². The molecule has 2 aromatic rings. The fourth-order valence-electron chi connectivity index (χ4n) is 3.49. The molecule has 2 aromatic carbocycles. The van der Waals surface area contributed by atoms with Gasteiger partial charge >= 0.3 is 6.09 Å². The maximum atomic E-state index is 12.6. The zero-order valence-corrected chi connectivity index (χ0v) is 19.4. The van der Waals surface area contributed by atoms with Crippen molar-refractivity contribution in [2.45, 2.75) is 44.1 Å². The van der Waals surface area contributed by atoms with Crippen LogP contribution in [-0.2, 0) is 21.1 Å². The second-order valence-electron chi connectivity index (χ2n) is 7.81. The summed E-state index contributed by atoms with van der Waals surface area (Å²) in [5.74, 6) is 2.45. The summed E-state index contributed by atoms with van der Waals surface area (Å²) in [6.07, 6.45) is 1.08. The first-order valence-corrected chi connectivity index (χ1v) is 11.5. The molecule has 1 heterocycles. The van der Waals surface area contributed by atoms with Crippen LogP contribution in [0, 0.1) is 6.92 Å². The van der Waals surface area contributed by atoms with Gasteiger partial charge in [-0.2, -0.15) is 0 Å². The molecule has 0 aliphatic carbocycles. The molecule has 1 atom stereocenters. The minimum Gasteiger partial charge on any atom is -0.494 e. The van der Waals surface area contributed by atoms with Gasteiger partial charge in [0.15, 0.2) is 11.5 Å². The Hall–Kier alpha value is -2.74. The number of amides is 1. The van der Waals surface area contributed by atoms with Crippen molar-refractivity contribution in [3.05, 3.63) is 41.5 Å². The van der Waals surface area contributed by atoms with E-state index < -0.39 is 22.5 Å². The lowest BCUT2D eigenvalue weighted by Crippen LogP contribution is -2.35. The average Bonchev–Trinajstić information content (AvgIpc) is 2.73. The molecule has 0 saturated heterocycles. The summed E-state index contributed by atoms with van der Waals surface area (Å²) in [5.41, 5.74) is 1.86. The number of methoxy groups -OCH3 is 2. The maximum Gasteiger partial charge on any atom is 0.412 e. The number of unbranched alkanes of at least 4 members (excludes halogenated alkanes) is 1. The van der Waals surface area contributed by atoms with Crippen LogP contribution in [0.25, 0.3) is 0 Å². The number of nitrogens with one attached hydrogen (secondary N) is 1. The van der Waals surface area contributed by atoms with E-state index in [4.69, 9.17) is 18.9 Å². The van der Waals surface area contributed by atoms with Crippen LogP contribution in [0.15, 0.2) is 35.2 Å². The van der Waals surface area contributed by atoms with Gasteiger partial charge in [-0.15, -0.1) is 0 Å². The smallest absolute Gasteiger partial charge is 0.412 e. The highest BCUT2D eigenvalue weighted by Crippen LogP contribution is 2.40. The van der Waals surface area contributed by atoms with Crippen molar-refractivity contribution in [3.8, 4) is 17.2 Å². The largest absolute Gasteiger partial charge is 0.494 e. The zero-order valence-electron chi connectivity index (χ0n) is 18.6. The van der Waals surface area contributed by atoms with Crippen LogP contribution in [0.3, 0.4) is 0 Å². The Morgan fingerprint density at radius 1 is 1.06 bits per heavy atom. The Balaban J connectivity index is 1.53. The van der Waals surface area contributed by atoms with Gasteiger partial charge in [0.1, 0.15) is 11.4 Å². The van der Waals surface area contributed by atoms with Gasteiger partial charge in [0.2, 0.25) is 0 Å². The van der Waals surface area contributed by atoms with E-state index in [1.54, 1.807) is 32.4 Å². The van der Waals surface area contributed by atoms with Crippen LogP contribution in [0.2, 0.25) is 0 Å². The number of carbonyl (C=O) groups excluding carboxylic acids is 1. The molecule has 0 radical (unpaired) electrons. The summed E-state index contributed by atoms with van der Waals surface area (Å²) < 4.78 is 34.4. The van der Waals surface area contributed by atoms with Gasteiger partial charge in [-0.1, -0.05) is 0 Å². The molecule has 0 spiro atoms. The number of carbonyl (C=O) groups is 1. The summed E-state index contributed by atoms with van der Waals surface area (Å²) in [6, 6.07) is 9.13. The van der Waals surface area contributed by atoms with E-state index in [2.05, 4.69) is 5.32 Å². The SMILES string of the molecule is COc1ccc(S(=O)CCCCOc2cc(C)c3c(c2)C(C)(C)OC(=O)N3)cc1OC. The van der Waals surface area contributed by atoms with Crippen LogP contribution in [-0.4, -0.2) is 36.9 Å². The molecule has 1 amide bonds. The van der Waals surface area contributed by atoms with Crippen LogP contribution in [0.4, 0.5) is 10.5 Å². The van der Waals surface area contributed by atoms with E-state index in [-0.39, 0.29) is 0 Å². The Bertz CT molecular complexity index is 988. The number of hydrogen-bond donors (Lipinski definition) is 1. The monoisotopic (exact) mass is 447 g/mol. The number of anilines is 1. The predicted molar refractivity (Wildman–Crippen MR) is 120 cm³/mol. The highest BCUT2D eigenvalue weighted by Gasteiger charge is 2.34. The lowest BCUT2D eigenvalue weighted by Gasteiger charge is -2.33. The molecule has 8 heteroatoms. The Kier molecular flexibility index (Phi) is 7.10. The summed E-state index contributed by atoms with van der Waals surface area (Å²) in [7, 11) is 2.01. The summed E-state index contributed by atoms with van der Waals surface area (Å²) in [4.78, 5) is 12.5. The van der Waals surface area contributed by atoms with Gasteiger partial charge < -0.3 is 18.9 Å². The van der Waals surface area contributed by atoms with Crippen LogP contribution in [0.1, 0.15) is 37.8 Å². The highest BCUT2D eigenvalue weighted by molar-refractivity contribution is 7.85. The third kappa shape index (κ3) is 5.31. The van der Waals surface area contributed by atoms with Crippen molar-refractivity contribution in [3.63, 3.8) is 0 Å². The molecule has 0 saturated carbocycles. The summed E-state index contributed by atoms with van der Waals surface area (Å²) in [5, 5.41) is 2.76. The Morgan fingerprint density at radius 2 is 1.81 bits per heavy atom. The number of rotatable bonds is 9. The first-order valence-electron chi connectivity index (χ1n) is 10.1. The van der Waals surface area contributed by atoms with E-state index in [1.165, 1.54) is 0 Å². The third-order valence-corrected chi connectivity index (χ3v) is 6.58. The molecule has 168 valence electrons. The standard InChI is InChI=1S/C23H29NO6S/c1-15-12-16(13-18-21(15)24-22(25)30-23(18,2)3)29-10-6-7-11-31(26)17-8-9-19(27-4)20(14-17)28-5/h8-9,12-14H,6-7,10-11H2,1-5H3,(H,24,25).